The lowest BCUT2D eigenvalue weighted by atomic mass is 10.1. The van der Waals surface area contributed by atoms with Crippen LogP contribution in [-0.2, 0) is 9.59 Å². The molecular formula is C7H10N2O2. The second kappa shape index (κ2) is 4.52. The van der Waals surface area contributed by atoms with E-state index in [9.17, 15) is 9.59 Å². The third-order valence-electron chi connectivity index (χ3n) is 1.27. The molecule has 0 N–H and O–H groups in total. The van der Waals surface area contributed by atoms with Gasteiger partial charge in [-0.2, -0.15) is 4.79 Å². The molecule has 0 radical (unpaired) electrons. The van der Waals surface area contributed by atoms with Crippen LogP contribution >= 0.6 is 0 Å². The maximum atomic E-state index is 10.8. The minimum Gasteiger partial charge on any atom is -0.360 e. The summed E-state index contributed by atoms with van der Waals surface area (Å²) in [5, 5.41) is 0. The summed E-state index contributed by atoms with van der Waals surface area (Å²) >= 11 is 0. The summed E-state index contributed by atoms with van der Waals surface area (Å²) in [5.41, 5.74) is 7.94. The fraction of sp³-hybridized carbons (Fsp3) is 0.571. The smallest absolute Gasteiger partial charge is 0.360 e. The zero-order valence-electron chi connectivity index (χ0n) is 6.63. The van der Waals surface area contributed by atoms with Gasteiger partial charge >= 0.3 is 5.71 Å². The van der Waals surface area contributed by atoms with E-state index < -0.39 is 11.6 Å². The van der Waals surface area contributed by atoms with Crippen molar-refractivity contribution in [2.45, 2.75) is 26.7 Å². The van der Waals surface area contributed by atoms with E-state index in [-0.39, 0.29) is 18.6 Å². The third-order valence-corrected chi connectivity index (χ3v) is 1.27. The monoisotopic (exact) mass is 154 g/mol. The van der Waals surface area contributed by atoms with Crippen LogP contribution in [0.5, 0.6) is 0 Å². The molecule has 11 heavy (non-hydrogen) atoms. The molecule has 0 bridgehead atoms. The Morgan fingerprint density at radius 1 is 1.18 bits per heavy atom. The quantitative estimate of drug-likeness (QED) is 0.257. The largest absolute Gasteiger partial charge is 0.400 e. The predicted molar refractivity (Wildman–Crippen MR) is 39.2 cm³/mol. The molecule has 60 valence electrons. The maximum absolute atomic E-state index is 10.8. The van der Waals surface area contributed by atoms with Crippen LogP contribution < -0.4 is 0 Å². The van der Waals surface area contributed by atoms with Crippen molar-refractivity contribution >= 4 is 17.3 Å². The standard InChI is InChI=1S/C7H10N2O2/c1-3-5(10)7(9-8)6(11)4-2/h3-4H2,1-2H3. The molecular weight excluding hydrogens is 144 g/mol. The molecule has 4 heteroatoms. The van der Waals surface area contributed by atoms with Gasteiger partial charge in [0.05, 0.1) is 0 Å². The van der Waals surface area contributed by atoms with E-state index in [1.165, 1.54) is 0 Å². The molecule has 0 aliphatic carbocycles. The Morgan fingerprint density at radius 2 is 1.55 bits per heavy atom. The Hall–Kier alpha value is -1.28. The number of Topliss-reactive ketones (excluding diaryl/α,β-unsaturated/α-hetero) is 2. The van der Waals surface area contributed by atoms with Gasteiger partial charge in [-0.05, 0) is 0 Å². The first-order valence-electron chi connectivity index (χ1n) is 3.45. The SMILES string of the molecule is CCC(=O)C(=[N+]=[N-])C(=O)CC. The normalized spacial score (nSPS) is 8.55. The van der Waals surface area contributed by atoms with E-state index in [1.807, 2.05) is 0 Å². The highest BCUT2D eigenvalue weighted by Crippen LogP contribution is 1.89. The number of hydrogen-bond donors (Lipinski definition) is 0. The molecule has 0 heterocycles. The molecule has 0 atom stereocenters. The van der Waals surface area contributed by atoms with Gasteiger partial charge in [0.2, 0.25) is 11.6 Å². The van der Waals surface area contributed by atoms with Gasteiger partial charge in [-0.1, -0.05) is 13.8 Å². The van der Waals surface area contributed by atoms with E-state index in [0.29, 0.717) is 0 Å². The van der Waals surface area contributed by atoms with Gasteiger partial charge in [0, 0.05) is 12.8 Å². The van der Waals surface area contributed by atoms with Gasteiger partial charge in [0.1, 0.15) is 0 Å². The van der Waals surface area contributed by atoms with Gasteiger partial charge in [0.15, 0.2) is 0 Å². The van der Waals surface area contributed by atoms with Gasteiger partial charge in [-0.3, -0.25) is 9.59 Å². The molecule has 4 nitrogen and oxygen atoms in total. The van der Waals surface area contributed by atoms with Crippen molar-refractivity contribution in [1.29, 1.82) is 0 Å². The Kier molecular flexibility index (Phi) is 4.00. The highest BCUT2D eigenvalue weighted by atomic mass is 16.1. The molecule has 0 rings (SSSR count). The summed E-state index contributed by atoms with van der Waals surface area (Å²) in [5.74, 6) is -0.835. The van der Waals surface area contributed by atoms with Crippen molar-refractivity contribution in [2.75, 3.05) is 0 Å². The lowest BCUT2D eigenvalue weighted by molar-refractivity contribution is -0.123. The third kappa shape index (κ3) is 2.43. The van der Waals surface area contributed by atoms with Crippen molar-refractivity contribution in [2.24, 2.45) is 0 Å². The number of rotatable bonds is 4. The first-order valence-corrected chi connectivity index (χ1v) is 3.45. The van der Waals surface area contributed by atoms with Gasteiger partial charge < -0.3 is 5.53 Å². The van der Waals surface area contributed by atoms with Crippen molar-refractivity contribution in [1.82, 2.24) is 0 Å². The van der Waals surface area contributed by atoms with Crippen LogP contribution in [0.15, 0.2) is 0 Å². The molecule has 0 fully saturated rings. The van der Waals surface area contributed by atoms with Crippen LogP contribution in [0.1, 0.15) is 26.7 Å². The van der Waals surface area contributed by atoms with Crippen molar-refractivity contribution in [3.8, 4) is 0 Å². The second-order valence-corrected chi connectivity index (χ2v) is 2.00. The van der Waals surface area contributed by atoms with Crippen LogP contribution in [0.2, 0.25) is 0 Å². The topological polar surface area (TPSA) is 70.5 Å². The Balaban J connectivity index is 4.57. The van der Waals surface area contributed by atoms with E-state index in [2.05, 4.69) is 4.79 Å². The van der Waals surface area contributed by atoms with Crippen LogP contribution in [0.3, 0.4) is 0 Å². The van der Waals surface area contributed by atoms with Crippen LogP contribution in [0.4, 0.5) is 0 Å². The van der Waals surface area contributed by atoms with Crippen molar-refractivity contribution in [3.05, 3.63) is 5.53 Å². The molecule has 0 aromatic heterocycles. The van der Waals surface area contributed by atoms with Crippen molar-refractivity contribution in [3.63, 3.8) is 0 Å². The van der Waals surface area contributed by atoms with E-state index in [4.69, 9.17) is 5.53 Å². The zero-order valence-corrected chi connectivity index (χ0v) is 6.63. The Bertz CT molecular complexity index is 209. The van der Waals surface area contributed by atoms with Gasteiger partial charge in [-0.25, -0.2) is 0 Å². The highest BCUT2D eigenvalue weighted by Gasteiger charge is 2.25. The van der Waals surface area contributed by atoms with E-state index in [1.54, 1.807) is 13.8 Å². The van der Waals surface area contributed by atoms with Crippen molar-refractivity contribution < 1.29 is 14.4 Å². The molecule has 0 aromatic carbocycles. The molecule has 0 saturated carbocycles. The van der Waals surface area contributed by atoms with Gasteiger partial charge in [0.25, 0.3) is 0 Å². The molecule has 0 amide bonds. The molecule has 0 aromatic rings. The van der Waals surface area contributed by atoms with E-state index in [0.717, 1.165) is 0 Å². The average Bonchev–Trinajstić information content (AvgIpc) is 2.05. The maximum Gasteiger partial charge on any atom is 0.400 e. The predicted octanol–water partition coefficient (Wildman–Crippen LogP) is 0.615. The Labute approximate surface area is 64.8 Å². The summed E-state index contributed by atoms with van der Waals surface area (Å²) in [4.78, 5) is 24.3. The average molecular weight is 154 g/mol. The number of ketones is 2. The lowest BCUT2D eigenvalue weighted by Gasteiger charge is -1.87. The minimum atomic E-state index is -0.417. The molecule has 0 spiro atoms. The van der Waals surface area contributed by atoms with E-state index >= 15 is 0 Å². The fourth-order valence-electron chi connectivity index (χ4n) is 0.602. The second-order valence-electron chi connectivity index (χ2n) is 2.00. The summed E-state index contributed by atoms with van der Waals surface area (Å²) in [7, 11) is 0. The van der Waals surface area contributed by atoms with Crippen LogP contribution in [0.25, 0.3) is 5.53 Å². The van der Waals surface area contributed by atoms with Crippen LogP contribution in [0, 0.1) is 0 Å². The first-order chi connectivity index (χ1) is 5.17. The highest BCUT2D eigenvalue weighted by molar-refractivity contribution is 6.64. The molecule has 0 saturated heterocycles. The molecule has 0 aliphatic heterocycles. The van der Waals surface area contributed by atoms with Crippen LogP contribution in [-0.4, -0.2) is 22.1 Å². The summed E-state index contributed by atoms with van der Waals surface area (Å²) in [6.07, 6.45) is 0.371. The zero-order chi connectivity index (χ0) is 8.85. The number of nitrogens with zero attached hydrogens (tertiary/aromatic N) is 2. The lowest BCUT2D eigenvalue weighted by Crippen LogP contribution is -2.23. The molecule has 0 aliphatic rings. The number of carbonyl (C=O) groups excluding carboxylic acids is 2. The number of carbonyl (C=O) groups is 2. The fourth-order valence-corrected chi connectivity index (χ4v) is 0.602. The Morgan fingerprint density at radius 3 is 1.73 bits per heavy atom. The summed E-state index contributed by atoms with van der Waals surface area (Å²) < 4.78 is 0. The van der Waals surface area contributed by atoms with Gasteiger partial charge in [-0.15, -0.1) is 0 Å². The minimum absolute atomic E-state index is 0.186. The summed E-state index contributed by atoms with van der Waals surface area (Å²) in [6.45, 7) is 3.22. The first kappa shape index (κ1) is 9.72. The summed E-state index contributed by atoms with van der Waals surface area (Å²) in [6, 6.07) is 0. The molecule has 0 unspecified atom stereocenters. The number of hydrogen-bond acceptors (Lipinski definition) is 2.